The number of imidazole rings is 1. The van der Waals surface area contributed by atoms with Crippen molar-refractivity contribution in [3.8, 4) is 0 Å². The van der Waals surface area contributed by atoms with Crippen LogP contribution < -0.4 is 0 Å². The van der Waals surface area contributed by atoms with Gasteiger partial charge >= 0.3 is 0 Å². The molecule has 4 rings (SSSR count). The fraction of sp³-hybridized carbons (Fsp3) is 0.200. The van der Waals surface area contributed by atoms with E-state index in [1.165, 1.54) is 6.07 Å². The Hall–Kier alpha value is -2.74. The van der Waals surface area contributed by atoms with E-state index in [0.717, 1.165) is 27.0 Å². The van der Waals surface area contributed by atoms with Crippen LogP contribution >= 0.6 is 22.6 Å². The number of benzene rings is 3. The van der Waals surface area contributed by atoms with Gasteiger partial charge in [0, 0.05) is 22.2 Å². The van der Waals surface area contributed by atoms with Gasteiger partial charge in [-0.15, -0.1) is 0 Å². The van der Waals surface area contributed by atoms with E-state index in [4.69, 9.17) is 4.98 Å². The normalized spacial score (nSPS) is 11.1. The summed E-state index contributed by atoms with van der Waals surface area (Å²) >= 11 is 2.20. The summed E-state index contributed by atoms with van der Waals surface area (Å²) in [6.45, 7) is 3.59. The maximum absolute atomic E-state index is 14.2. The van der Waals surface area contributed by atoms with Gasteiger partial charge in [-0.25, -0.2) is 9.37 Å². The predicted octanol–water partition coefficient (Wildman–Crippen LogP) is 5.69. The molecule has 0 saturated heterocycles. The first-order valence-corrected chi connectivity index (χ1v) is 11.4. The van der Waals surface area contributed by atoms with Crippen LogP contribution in [0.4, 0.5) is 4.39 Å². The highest BCUT2D eigenvalue weighted by Gasteiger charge is 2.20. The first-order chi connectivity index (χ1) is 15.1. The summed E-state index contributed by atoms with van der Waals surface area (Å²) in [6, 6.07) is 22.2. The van der Waals surface area contributed by atoms with Crippen molar-refractivity contribution in [1.29, 1.82) is 0 Å². The number of carbonyl (C=O) groups excluding carboxylic acids is 1. The molecule has 4 nitrogen and oxygen atoms in total. The Morgan fingerprint density at radius 2 is 1.84 bits per heavy atom. The van der Waals surface area contributed by atoms with Crippen molar-refractivity contribution >= 4 is 39.5 Å². The van der Waals surface area contributed by atoms with Gasteiger partial charge in [-0.3, -0.25) is 4.79 Å². The third-order valence-electron chi connectivity index (χ3n) is 5.35. The third kappa shape index (κ3) is 4.79. The van der Waals surface area contributed by atoms with Gasteiger partial charge < -0.3 is 9.47 Å². The molecule has 0 bridgehead atoms. The molecule has 0 saturated carbocycles. The van der Waals surface area contributed by atoms with Crippen LogP contribution in [0.2, 0.25) is 0 Å². The molecule has 0 aliphatic rings. The van der Waals surface area contributed by atoms with Crippen molar-refractivity contribution in [3.63, 3.8) is 0 Å². The molecule has 0 spiro atoms. The molecule has 158 valence electrons. The van der Waals surface area contributed by atoms with E-state index >= 15 is 0 Å². The standard InChI is InChI=1S/C25H23FIN3O/c1-2-30-23-13-6-5-12-22(23)28-24(30)17-29(15-14-18-8-3-4-11-21(18)26)25(31)19-9-7-10-20(27)16-19/h3-13,16H,2,14-15,17H2,1H3. The van der Waals surface area contributed by atoms with E-state index in [9.17, 15) is 9.18 Å². The zero-order valence-corrected chi connectivity index (χ0v) is 19.4. The summed E-state index contributed by atoms with van der Waals surface area (Å²) < 4.78 is 17.3. The molecule has 0 aliphatic heterocycles. The minimum atomic E-state index is -0.245. The van der Waals surface area contributed by atoms with Gasteiger partial charge in [0.05, 0.1) is 17.6 Å². The van der Waals surface area contributed by atoms with Crippen LogP contribution in [-0.2, 0) is 19.5 Å². The molecular formula is C25H23FIN3O. The summed E-state index contributed by atoms with van der Waals surface area (Å²) in [6.07, 6.45) is 0.439. The Morgan fingerprint density at radius 3 is 2.61 bits per heavy atom. The van der Waals surface area contributed by atoms with Gasteiger partial charge in [-0.2, -0.15) is 0 Å². The number of aromatic nitrogens is 2. The van der Waals surface area contributed by atoms with E-state index in [-0.39, 0.29) is 11.7 Å². The van der Waals surface area contributed by atoms with Crippen LogP contribution in [0.15, 0.2) is 72.8 Å². The first-order valence-electron chi connectivity index (χ1n) is 10.3. The average molecular weight is 527 g/mol. The Labute approximate surface area is 194 Å². The van der Waals surface area contributed by atoms with Gasteiger partial charge in [0.15, 0.2) is 0 Å². The molecule has 1 amide bonds. The summed E-state index contributed by atoms with van der Waals surface area (Å²) in [5.41, 5.74) is 3.19. The van der Waals surface area contributed by atoms with Gasteiger partial charge in [0.25, 0.3) is 5.91 Å². The number of halogens is 2. The van der Waals surface area contributed by atoms with Gasteiger partial charge in [0.1, 0.15) is 11.6 Å². The number of hydrogen-bond donors (Lipinski definition) is 0. The molecule has 6 heteroatoms. The highest BCUT2D eigenvalue weighted by Crippen LogP contribution is 2.19. The number of carbonyl (C=O) groups is 1. The van der Waals surface area contributed by atoms with E-state index < -0.39 is 0 Å². The number of hydrogen-bond acceptors (Lipinski definition) is 2. The van der Waals surface area contributed by atoms with Crippen molar-refractivity contribution in [2.45, 2.75) is 26.4 Å². The molecular weight excluding hydrogens is 504 g/mol. The Morgan fingerprint density at radius 1 is 1.06 bits per heavy atom. The summed E-state index contributed by atoms with van der Waals surface area (Å²) in [5.74, 6) is 0.505. The lowest BCUT2D eigenvalue weighted by molar-refractivity contribution is 0.0738. The number of para-hydroxylation sites is 2. The van der Waals surface area contributed by atoms with E-state index in [1.54, 1.807) is 17.0 Å². The van der Waals surface area contributed by atoms with Crippen molar-refractivity contribution in [1.82, 2.24) is 14.5 Å². The second-order valence-corrected chi connectivity index (χ2v) is 8.59. The molecule has 1 aromatic heterocycles. The van der Waals surface area contributed by atoms with Crippen molar-refractivity contribution < 1.29 is 9.18 Å². The number of amides is 1. The molecule has 0 unspecified atom stereocenters. The second-order valence-electron chi connectivity index (χ2n) is 7.34. The van der Waals surface area contributed by atoms with Crippen molar-refractivity contribution in [2.24, 2.45) is 0 Å². The average Bonchev–Trinajstić information content (AvgIpc) is 3.14. The highest BCUT2D eigenvalue weighted by molar-refractivity contribution is 14.1. The first kappa shape index (κ1) is 21.5. The molecule has 31 heavy (non-hydrogen) atoms. The van der Waals surface area contributed by atoms with E-state index in [0.29, 0.717) is 30.6 Å². The van der Waals surface area contributed by atoms with Gasteiger partial charge in [-0.1, -0.05) is 36.4 Å². The maximum Gasteiger partial charge on any atom is 0.254 e. The zero-order valence-electron chi connectivity index (χ0n) is 17.3. The monoisotopic (exact) mass is 527 g/mol. The molecule has 1 heterocycles. The van der Waals surface area contributed by atoms with Crippen LogP contribution in [0, 0.1) is 9.39 Å². The van der Waals surface area contributed by atoms with Crippen LogP contribution in [-0.4, -0.2) is 26.9 Å². The molecule has 3 aromatic carbocycles. The topological polar surface area (TPSA) is 38.1 Å². The molecule has 0 fully saturated rings. The van der Waals surface area contributed by atoms with Crippen LogP contribution in [0.25, 0.3) is 11.0 Å². The van der Waals surface area contributed by atoms with Gasteiger partial charge in [-0.05, 0) is 77.9 Å². The summed E-state index contributed by atoms with van der Waals surface area (Å²) in [5, 5.41) is 0. The van der Waals surface area contributed by atoms with E-state index in [1.807, 2.05) is 54.6 Å². The number of fused-ring (bicyclic) bond motifs is 1. The highest BCUT2D eigenvalue weighted by atomic mass is 127. The zero-order chi connectivity index (χ0) is 21.8. The number of rotatable bonds is 7. The molecule has 0 aliphatic carbocycles. The number of aryl methyl sites for hydroxylation is 1. The second kappa shape index (κ2) is 9.60. The minimum Gasteiger partial charge on any atom is -0.331 e. The smallest absolute Gasteiger partial charge is 0.254 e. The lowest BCUT2D eigenvalue weighted by atomic mass is 10.1. The molecule has 4 aromatic rings. The van der Waals surface area contributed by atoms with Crippen LogP contribution in [0.1, 0.15) is 28.7 Å². The summed E-state index contributed by atoms with van der Waals surface area (Å²) in [7, 11) is 0. The van der Waals surface area contributed by atoms with Gasteiger partial charge in [0.2, 0.25) is 0 Å². The quantitative estimate of drug-likeness (QED) is 0.290. The molecule has 0 N–H and O–H groups in total. The Bertz CT molecular complexity index is 1220. The molecule has 0 radical (unpaired) electrons. The third-order valence-corrected chi connectivity index (χ3v) is 6.02. The largest absolute Gasteiger partial charge is 0.331 e. The van der Waals surface area contributed by atoms with Crippen molar-refractivity contribution in [2.75, 3.05) is 6.54 Å². The summed E-state index contributed by atoms with van der Waals surface area (Å²) in [4.78, 5) is 20.0. The SMILES string of the molecule is CCn1c(CN(CCc2ccccc2F)C(=O)c2cccc(I)c2)nc2ccccc21. The maximum atomic E-state index is 14.2. The Balaban J connectivity index is 1.66. The number of nitrogens with zero attached hydrogens (tertiary/aromatic N) is 3. The Kier molecular flexibility index (Phi) is 6.65. The minimum absolute atomic E-state index is 0.0791. The fourth-order valence-corrected chi connectivity index (χ4v) is 4.33. The lowest BCUT2D eigenvalue weighted by Crippen LogP contribution is -2.33. The fourth-order valence-electron chi connectivity index (χ4n) is 3.78. The lowest BCUT2D eigenvalue weighted by Gasteiger charge is -2.23. The molecule has 0 atom stereocenters. The van der Waals surface area contributed by atoms with Crippen molar-refractivity contribution in [3.05, 3.63) is 99.1 Å². The predicted molar refractivity (Wildman–Crippen MR) is 129 cm³/mol. The van der Waals surface area contributed by atoms with Crippen LogP contribution in [0.5, 0.6) is 0 Å². The van der Waals surface area contributed by atoms with E-state index in [2.05, 4.69) is 34.1 Å². The van der Waals surface area contributed by atoms with Crippen LogP contribution in [0.3, 0.4) is 0 Å².